The molecular weight excluding hydrogens is 399 g/mol. The highest BCUT2D eigenvalue weighted by Crippen LogP contribution is 2.29. The molecule has 0 atom stereocenters. The Morgan fingerprint density at radius 1 is 1.16 bits per heavy atom. The summed E-state index contributed by atoms with van der Waals surface area (Å²) in [6.07, 6.45) is -4.41. The maximum absolute atomic E-state index is 12.6. The molecule has 130 valence electrons. The van der Waals surface area contributed by atoms with E-state index in [2.05, 4.69) is 33.1 Å². The van der Waals surface area contributed by atoms with E-state index in [0.29, 0.717) is 5.75 Å². The van der Waals surface area contributed by atoms with Crippen LogP contribution in [0.5, 0.6) is 5.75 Å². The molecule has 1 N–H and O–H groups in total. The Hall–Kier alpha value is -2.46. The Labute approximate surface area is 151 Å². The van der Waals surface area contributed by atoms with Crippen molar-refractivity contribution < 1.29 is 22.7 Å². The number of amides is 1. The molecule has 0 bridgehead atoms. The smallest absolute Gasteiger partial charge is 0.416 e. The molecule has 0 radical (unpaired) electrons. The largest absolute Gasteiger partial charge is 0.484 e. The normalized spacial score (nSPS) is 10.6. The first-order chi connectivity index (χ1) is 11.8. The van der Waals surface area contributed by atoms with Gasteiger partial charge in [0.2, 0.25) is 0 Å². The van der Waals surface area contributed by atoms with Crippen molar-refractivity contribution in [2.75, 3.05) is 13.2 Å². The van der Waals surface area contributed by atoms with E-state index in [1.807, 2.05) is 0 Å². The Balaban J connectivity index is 1.80. The summed E-state index contributed by atoms with van der Waals surface area (Å²) in [6, 6.07) is 11.7. The van der Waals surface area contributed by atoms with Gasteiger partial charge in [-0.3, -0.25) is 4.79 Å². The standard InChI is InChI=1S/C18H13BrF3NO2/c19-15-6-8-16(9-7-15)25-12-17(24)23-10-2-4-13-3-1-5-14(11-13)18(20,21)22/h1,3,5-9,11H,10,12H2,(H,23,24). The Morgan fingerprint density at radius 2 is 1.88 bits per heavy atom. The molecule has 1 amide bonds. The van der Waals surface area contributed by atoms with E-state index >= 15 is 0 Å². The second-order valence-electron chi connectivity index (χ2n) is 4.90. The van der Waals surface area contributed by atoms with Gasteiger partial charge >= 0.3 is 6.18 Å². The number of nitrogens with one attached hydrogen (secondary N) is 1. The van der Waals surface area contributed by atoms with Gasteiger partial charge in [0, 0.05) is 10.0 Å². The zero-order chi connectivity index (χ0) is 18.3. The minimum absolute atomic E-state index is 0.0127. The van der Waals surface area contributed by atoms with Gasteiger partial charge in [-0.2, -0.15) is 13.2 Å². The van der Waals surface area contributed by atoms with E-state index in [0.717, 1.165) is 16.6 Å². The van der Waals surface area contributed by atoms with Crippen molar-refractivity contribution in [3.63, 3.8) is 0 Å². The molecule has 0 aromatic heterocycles. The lowest BCUT2D eigenvalue weighted by Gasteiger charge is -2.06. The summed E-state index contributed by atoms with van der Waals surface area (Å²) >= 11 is 3.29. The molecule has 0 aliphatic rings. The molecule has 0 heterocycles. The Bertz CT molecular complexity index is 792. The van der Waals surface area contributed by atoms with Crippen LogP contribution in [-0.2, 0) is 11.0 Å². The molecule has 0 aliphatic heterocycles. The predicted octanol–water partition coefficient (Wildman–Crippen LogP) is 4.01. The number of alkyl halides is 3. The molecule has 2 aromatic carbocycles. The average Bonchev–Trinajstić information content (AvgIpc) is 2.58. The lowest BCUT2D eigenvalue weighted by atomic mass is 10.1. The Morgan fingerprint density at radius 3 is 2.56 bits per heavy atom. The van der Waals surface area contributed by atoms with E-state index < -0.39 is 11.7 Å². The van der Waals surface area contributed by atoms with Gasteiger partial charge in [-0.1, -0.05) is 33.8 Å². The highest BCUT2D eigenvalue weighted by molar-refractivity contribution is 9.10. The lowest BCUT2D eigenvalue weighted by molar-refractivity contribution is -0.137. The van der Waals surface area contributed by atoms with Gasteiger partial charge in [0.25, 0.3) is 5.91 Å². The number of hydrogen-bond acceptors (Lipinski definition) is 2. The summed E-state index contributed by atoms with van der Waals surface area (Å²) in [6.45, 7) is -0.161. The summed E-state index contributed by atoms with van der Waals surface area (Å²) in [5, 5.41) is 2.51. The highest BCUT2D eigenvalue weighted by atomic mass is 79.9. The summed E-state index contributed by atoms with van der Waals surface area (Å²) in [7, 11) is 0. The summed E-state index contributed by atoms with van der Waals surface area (Å²) in [5.74, 6) is 5.36. The van der Waals surface area contributed by atoms with Crippen LogP contribution in [0.3, 0.4) is 0 Å². The quantitative estimate of drug-likeness (QED) is 0.771. The molecule has 0 unspecified atom stereocenters. The van der Waals surface area contributed by atoms with E-state index in [4.69, 9.17) is 4.74 Å². The van der Waals surface area contributed by atoms with E-state index in [-0.39, 0.29) is 24.6 Å². The van der Waals surface area contributed by atoms with Crippen LogP contribution < -0.4 is 10.1 Å². The maximum Gasteiger partial charge on any atom is 0.416 e. The average molecular weight is 412 g/mol. The summed E-state index contributed by atoms with van der Waals surface area (Å²) < 4.78 is 43.9. The zero-order valence-corrected chi connectivity index (χ0v) is 14.4. The van der Waals surface area contributed by atoms with Crippen LogP contribution in [-0.4, -0.2) is 19.1 Å². The first-order valence-electron chi connectivity index (χ1n) is 7.16. The minimum Gasteiger partial charge on any atom is -0.484 e. The van der Waals surface area contributed by atoms with Crippen LogP contribution in [0.25, 0.3) is 0 Å². The van der Waals surface area contributed by atoms with E-state index in [1.54, 1.807) is 24.3 Å². The fourth-order valence-electron chi connectivity index (χ4n) is 1.79. The van der Waals surface area contributed by atoms with Gasteiger partial charge in [0.1, 0.15) is 5.75 Å². The fraction of sp³-hybridized carbons (Fsp3) is 0.167. The van der Waals surface area contributed by atoms with Crippen molar-refractivity contribution in [3.05, 3.63) is 64.1 Å². The van der Waals surface area contributed by atoms with Crippen LogP contribution in [0, 0.1) is 11.8 Å². The number of benzene rings is 2. The number of carbonyl (C=O) groups is 1. The second kappa shape index (κ2) is 8.58. The number of rotatable bonds is 4. The fourth-order valence-corrected chi connectivity index (χ4v) is 2.06. The summed E-state index contributed by atoms with van der Waals surface area (Å²) in [5.41, 5.74) is -0.526. The number of hydrogen-bond donors (Lipinski definition) is 1. The van der Waals surface area contributed by atoms with Crippen LogP contribution in [0.1, 0.15) is 11.1 Å². The monoisotopic (exact) mass is 411 g/mol. The topological polar surface area (TPSA) is 38.3 Å². The molecule has 25 heavy (non-hydrogen) atoms. The SMILES string of the molecule is O=C(COc1ccc(Br)cc1)NCC#Cc1cccc(C(F)(F)F)c1. The molecule has 3 nitrogen and oxygen atoms in total. The molecule has 0 saturated heterocycles. The van der Waals surface area contributed by atoms with Gasteiger partial charge < -0.3 is 10.1 Å². The molecule has 7 heteroatoms. The zero-order valence-electron chi connectivity index (χ0n) is 12.9. The van der Waals surface area contributed by atoms with E-state index in [9.17, 15) is 18.0 Å². The first-order valence-corrected chi connectivity index (χ1v) is 7.95. The van der Waals surface area contributed by atoms with Crippen molar-refractivity contribution in [1.82, 2.24) is 5.32 Å². The van der Waals surface area contributed by atoms with Gasteiger partial charge in [0.15, 0.2) is 6.61 Å². The molecule has 2 rings (SSSR count). The second-order valence-corrected chi connectivity index (χ2v) is 5.82. The van der Waals surface area contributed by atoms with Crippen molar-refractivity contribution >= 4 is 21.8 Å². The third-order valence-electron chi connectivity index (χ3n) is 2.98. The third-order valence-corrected chi connectivity index (χ3v) is 3.51. The van der Waals surface area contributed by atoms with E-state index in [1.165, 1.54) is 12.1 Å². The minimum atomic E-state index is -4.41. The van der Waals surface area contributed by atoms with Crippen molar-refractivity contribution in [1.29, 1.82) is 0 Å². The van der Waals surface area contributed by atoms with Crippen LogP contribution in [0.4, 0.5) is 13.2 Å². The van der Waals surface area contributed by atoms with Crippen LogP contribution in [0.15, 0.2) is 53.0 Å². The van der Waals surface area contributed by atoms with Gasteiger partial charge in [-0.25, -0.2) is 0 Å². The van der Waals surface area contributed by atoms with Crippen LogP contribution >= 0.6 is 15.9 Å². The highest BCUT2D eigenvalue weighted by Gasteiger charge is 2.30. The molecule has 0 aliphatic carbocycles. The lowest BCUT2D eigenvalue weighted by Crippen LogP contribution is -2.29. The van der Waals surface area contributed by atoms with Crippen molar-refractivity contribution in [2.24, 2.45) is 0 Å². The number of carbonyl (C=O) groups excluding carboxylic acids is 1. The van der Waals surface area contributed by atoms with Gasteiger partial charge in [-0.15, -0.1) is 0 Å². The van der Waals surface area contributed by atoms with Crippen molar-refractivity contribution in [2.45, 2.75) is 6.18 Å². The number of halogens is 4. The summed E-state index contributed by atoms with van der Waals surface area (Å²) in [4.78, 5) is 11.6. The molecule has 0 fully saturated rings. The van der Waals surface area contributed by atoms with Gasteiger partial charge in [0.05, 0.1) is 12.1 Å². The van der Waals surface area contributed by atoms with Crippen LogP contribution in [0.2, 0.25) is 0 Å². The molecular formula is C18H13BrF3NO2. The molecule has 0 saturated carbocycles. The molecule has 0 spiro atoms. The predicted molar refractivity (Wildman–Crippen MR) is 91.0 cm³/mol. The third kappa shape index (κ3) is 6.51. The van der Waals surface area contributed by atoms with Crippen molar-refractivity contribution in [3.8, 4) is 17.6 Å². The maximum atomic E-state index is 12.6. The number of ether oxygens (including phenoxy) is 1. The van der Waals surface area contributed by atoms with Gasteiger partial charge in [-0.05, 0) is 42.5 Å². The molecule has 2 aromatic rings. The first kappa shape index (κ1) is 18.9. The Kier molecular flexibility index (Phi) is 6.48.